The molecule has 0 bridgehead atoms. The molecule has 4 nitrogen and oxygen atoms in total. The Morgan fingerprint density at radius 1 is 1.39 bits per heavy atom. The Hall–Kier alpha value is -0.550. The van der Waals surface area contributed by atoms with Crippen molar-refractivity contribution in [1.82, 2.24) is 10.1 Å². The van der Waals surface area contributed by atoms with Crippen molar-refractivity contribution in [2.75, 3.05) is 5.75 Å². The normalized spacial score (nSPS) is 20.5. The first kappa shape index (κ1) is 13.9. The monoisotopic (exact) mass is 269 g/mol. The zero-order valence-electron chi connectivity index (χ0n) is 11.5. The molecule has 1 aromatic heterocycles. The summed E-state index contributed by atoms with van der Waals surface area (Å²) in [4.78, 5) is 4.58. The lowest BCUT2D eigenvalue weighted by atomic mass is 9.98. The highest BCUT2D eigenvalue weighted by Gasteiger charge is 2.37. The largest absolute Gasteiger partial charge is 0.338 e. The third-order valence-corrected chi connectivity index (χ3v) is 5.02. The fraction of sp³-hybridized carbons (Fsp3) is 0.846. The molecule has 0 saturated heterocycles. The van der Waals surface area contributed by atoms with Gasteiger partial charge >= 0.3 is 0 Å². The topological polar surface area (TPSA) is 64.9 Å². The SMILES string of the molecule is CCSC(c1nc(C2(N)CCCC2)no1)C(C)C. The van der Waals surface area contributed by atoms with Gasteiger partial charge in [-0.1, -0.05) is 38.8 Å². The Morgan fingerprint density at radius 2 is 2.06 bits per heavy atom. The van der Waals surface area contributed by atoms with Crippen LogP contribution in [-0.4, -0.2) is 15.9 Å². The average molecular weight is 269 g/mol. The van der Waals surface area contributed by atoms with Crippen molar-refractivity contribution in [3.63, 3.8) is 0 Å². The predicted molar refractivity (Wildman–Crippen MR) is 74.3 cm³/mol. The van der Waals surface area contributed by atoms with Crippen LogP contribution in [0.1, 0.15) is 63.4 Å². The van der Waals surface area contributed by atoms with Crippen molar-refractivity contribution in [1.29, 1.82) is 0 Å². The van der Waals surface area contributed by atoms with Crippen LogP contribution in [0.4, 0.5) is 0 Å². The van der Waals surface area contributed by atoms with Crippen molar-refractivity contribution in [2.24, 2.45) is 11.7 Å². The summed E-state index contributed by atoms with van der Waals surface area (Å²) in [5.41, 5.74) is 6.01. The molecule has 18 heavy (non-hydrogen) atoms. The van der Waals surface area contributed by atoms with Gasteiger partial charge in [0.05, 0.1) is 10.8 Å². The summed E-state index contributed by atoms with van der Waals surface area (Å²) in [5.74, 6) is 2.98. The van der Waals surface area contributed by atoms with Gasteiger partial charge in [0.25, 0.3) is 0 Å². The zero-order chi connectivity index (χ0) is 13.2. The Labute approximate surface area is 113 Å². The summed E-state index contributed by atoms with van der Waals surface area (Å²) in [6, 6.07) is 0. The lowest BCUT2D eigenvalue weighted by molar-refractivity contribution is 0.338. The molecule has 2 rings (SSSR count). The molecule has 5 heteroatoms. The maximum atomic E-state index is 6.35. The summed E-state index contributed by atoms with van der Waals surface area (Å²) in [7, 11) is 0. The number of nitrogens with zero attached hydrogens (tertiary/aromatic N) is 2. The summed E-state index contributed by atoms with van der Waals surface area (Å²) in [6.07, 6.45) is 4.27. The van der Waals surface area contributed by atoms with Crippen molar-refractivity contribution in [3.8, 4) is 0 Å². The lowest BCUT2D eigenvalue weighted by Gasteiger charge is -2.18. The van der Waals surface area contributed by atoms with Gasteiger partial charge in [0.1, 0.15) is 0 Å². The molecule has 1 unspecified atom stereocenters. The molecular weight excluding hydrogens is 246 g/mol. The Bertz CT molecular complexity index is 385. The molecule has 102 valence electrons. The molecule has 0 aliphatic heterocycles. The van der Waals surface area contributed by atoms with E-state index in [0.29, 0.717) is 11.7 Å². The second-order valence-electron chi connectivity index (χ2n) is 5.44. The molecule has 0 spiro atoms. The van der Waals surface area contributed by atoms with E-state index < -0.39 is 0 Å². The van der Waals surface area contributed by atoms with Gasteiger partial charge < -0.3 is 10.3 Å². The minimum Gasteiger partial charge on any atom is -0.338 e. The van der Waals surface area contributed by atoms with E-state index in [4.69, 9.17) is 10.3 Å². The maximum Gasteiger partial charge on any atom is 0.240 e. The molecule has 1 aliphatic rings. The summed E-state index contributed by atoms with van der Waals surface area (Å²) in [5, 5.41) is 4.41. The van der Waals surface area contributed by atoms with Crippen LogP contribution >= 0.6 is 11.8 Å². The van der Waals surface area contributed by atoms with Gasteiger partial charge in [-0.15, -0.1) is 11.8 Å². The minimum absolute atomic E-state index is 0.279. The summed E-state index contributed by atoms with van der Waals surface area (Å²) < 4.78 is 5.46. The molecule has 0 aromatic carbocycles. The van der Waals surface area contributed by atoms with Crippen molar-refractivity contribution >= 4 is 11.8 Å². The first-order chi connectivity index (χ1) is 8.57. The van der Waals surface area contributed by atoms with E-state index in [-0.39, 0.29) is 10.8 Å². The van der Waals surface area contributed by atoms with Crippen LogP contribution in [0, 0.1) is 5.92 Å². The van der Waals surface area contributed by atoms with Gasteiger partial charge in [0.15, 0.2) is 5.82 Å². The van der Waals surface area contributed by atoms with Gasteiger partial charge in [-0.25, -0.2) is 0 Å². The Kier molecular flexibility index (Phi) is 4.33. The fourth-order valence-electron chi connectivity index (χ4n) is 2.51. The second-order valence-corrected chi connectivity index (χ2v) is 6.86. The van der Waals surface area contributed by atoms with E-state index in [0.717, 1.165) is 37.3 Å². The third-order valence-electron chi connectivity index (χ3n) is 3.58. The van der Waals surface area contributed by atoms with Gasteiger partial charge in [0, 0.05) is 0 Å². The second kappa shape index (κ2) is 5.61. The molecule has 1 atom stereocenters. The molecule has 2 N–H and O–H groups in total. The van der Waals surface area contributed by atoms with E-state index in [1.807, 2.05) is 11.8 Å². The molecule has 1 aliphatic carbocycles. The number of nitrogens with two attached hydrogens (primary N) is 1. The van der Waals surface area contributed by atoms with Crippen molar-refractivity contribution < 1.29 is 4.52 Å². The number of hydrogen-bond acceptors (Lipinski definition) is 5. The molecule has 0 radical (unpaired) electrons. The highest BCUT2D eigenvalue weighted by Crippen LogP contribution is 2.38. The van der Waals surface area contributed by atoms with Crippen LogP contribution in [0.25, 0.3) is 0 Å². The smallest absolute Gasteiger partial charge is 0.240 e. The van der Waals surface area contributed by atoms with E-state index in [1.165, 1.54) is 0 Å². The highest BCUT2D eigenvalue weighted by atomic mass is 32.2. The quantitative estimate of drug-likeness (QED) is 0.889. The molecule has 1 heterocycles. The van der Waals surface area contributed by atoms with Crippen LogP contribution in [-0.2, 0) is 5.54 Å². The van der Waals surface area contributed by atoms with E-state index in [9.17, 15) is 0 Å². The van der Waals surface area contributed by atoms with Crippen molar-refractivity contribution in [3.05, 3.63) is 11.7 Å². The van der Waals surface area contributed by atoms with Gasteiger partial charge in [-0.3, -0.25) is 0 Å². The first-order valence-electron chi connectivity index (χ1n) is 6.81. The van der Waals surface area contributed by atoms with Crippen LogP contribution in [0.15, 0.2) is 4.52 Å². The third kappa shape index (κ3) is 2.72. The zero-order valence-corrected chi connectivity index (χ0v) is 12.3. The minimum atomic E-state index is -0.347. The fourth-order valence-corrected chi connectivity index (χ4v) is 3.49. The molecule has 1 aromatic rings. The Balaban J connectivity index is 2.18. The maximum absolute atomic E-state index is 6.35. The molecular formula is C13H23N3OS. The standard InChI is InChI=1S/C13H23N3OS/c1-4-18-10(9(2)3)11-15-12(16-17-11)13(14)7-5-6-8-13/h9-10H,4-8,14H2,1-3H3. The van der Waals surface area contributed by atoms with Crippen LogP contribution < -0.4 is 5.73 Å². The first-order valence-corrected chi connectivity index (χ1v) is 7.86. The number of hydrogen-bond donors (Lipinski definition) is 1. The van der Waals surface area contributed by atoms with Gasteiger partial charge in [0.2, 0.25) is 5.89 Å². The molecule has 1 saturated carbocycles. The van der Waals surface area contributed by atoms with Gasteiger partial charge in [-0.2, -0.15) is 4.98 Å². The lowest BCUT2D eigenvalue weighted by Crippen LogP contribution is -2.34. The summed E-state index contributed by atoms with van der Waals surface area (Å²) in [6.45, 7) is 6.52. The Morgan fingerprint density at radius 3 is 2.61 bits per heavy atom. The molecule has 0 amide bonds. The number of aromatic nitrogens is 2. The number of thioether (sulfide) groups is 1. The van der Waals surface area contributed by atoms with E-state index in [1.54, 1.807) is 0 Å². The highest BCUT2D eigenvalue weighted by molar-refractivity contribution is 7.99. The van der Waals surface area contributed by atoms with E-state index in [2.05, 4.69) is 30.9 Å². The average Bonchev–Trinajstić information content (AvgIpc) is 2.95. The van der Waals surface area contributed by atoms with Crippen molar-refractivity contribution in [2.45, 2.75) is 57.2 Å². The number of rotatable bonds is 5. The van der Waals surface area contributed by atoms with Crippen LogP contribution in [0.5, 0.6) is 0 Å². The van der Waals surface area contributed by atoms with E-state index >= 15 is 0 Å². The summed E-state index contributed by atoms with van der Waals surface area (Å²) >= 11 is 1.86. The van der Waals surface area contributed by atoms with Crippen LogP contribution in [0.3, 0.4) is 0 Å². The molecule has 1 fully saturated rings. The van der Waals surface area contributed by atoms with Gasteiger partial charge in [-0.05, 0) is 24.5 Å². The predicted octanol–water partition coefficient (Wildman–Crippen LogP) is 3.25. The van der Waals surface area contributed by atoms with Crippen LogP contribution in [0.2, 0.25) is 0 Å².